The normalized spacial score (nSPS) is 24.8. The minimum Gasteiger partial charge on any atom is -0.375 e. The van der Waals surface area contributed by atoms with Crippen LogP contribution in [0.25, 0.3) is 0 Å². The van der Waals surface area contributed by atoms with E-state index in [0.29, 0.717) is 45.6 Å². The zero-order chi connectivity index (χ0) is 17.6. The summed E-state index contributed by atoms with van der Waals surface area (Å²) >= 11 is 0. The molecule has 2 aliphatic rings. The third kappa shape index (κ3) is 4.58. The smallest absolute Gasteiger partial charge is 0.242 e. The largest absolute Gasteiger partial charge is 0.375 e. The molecule has 0 bridgehead atoms. The molecule has 2 fully saturated rings. The highest BCUT2D eigenvalue weighted by molar-refractivity contribution is 5.83. The molecule has 0 unspecified atom stereocenters. The summed E-state index contributed by atoms with van der Waals surface area (Å²) in [5.41, 5.74) is 1.10. The number of benzene rings is 1. The molecule has 2 amide bonds. The van der Waals surface area contributed by atoms with Gasteiger partial charge in [-0.1, -0.05) is 30.3 Å². The Bertz CT molecular complexity index is 585. The van der Waals surface area contributed by atoms with E-state index in [2.05, 4.69) is 10.6 Å². The van der Waals surface area contributed by atoms with Gasteiger partial charge in [-0.2, -0.15) is 0 Å². The molecule has 0 aliphatic carbocycles. The van der Waals surface area contributed by atoms with Crippen molar-refractivity contribution in [2.45, 2.75) is 38.5 Å². The van der Waals surface area contributed by atoms with Gasteiger partial charge in [0.05, 0.1) is 12.7 Å². The molecule has 1 aromatic rings. The van der Waals surface area contributed by atoms with Crippen LogP contribution in [0.3, 0.4) is 0 Å². The topological polar surface area (TPSA) is 70.7 Å². The summed E-state index contributed by atoms with van der Waals surface area (Å²) in [6, 6.07) is 9.64. The lowest BCUT2D eigenvalue weighted by atomic mass is 9.95. The van der Waals surface area contributed by atoms with Crippen LogP contribution in [0.5, 0.6) is 0 Å². The maximum Gasteiger partial charge on any atom is 0.242 e. The van der Waals surface area contributed by atoms with Crippen LogP contribution in [-0.4, -0.2) is 55.1 Å². The quantitative estimate of drug-likeness (QED) is 0.851. The molecule has 2 heterocycles. The number of ether oxygens (including phenoxy) is 1. The number of hydrogen-bond acceptors (Lipinski definition) is 4. The number of nitrogens with zero attached hydrogens (tertiary/aromatic N) is 1. The van der Waals surface area contributed by atoms with Crippen molar-refractivity contribution in [2.24, 2.45) is 5.92 Å². The molecule has 0 aromatic heterocycles. The molecule has 2 aliphatic heterocycles. The number of morpholine rings is 1. The van der Waals surface area contributed by atoms with Crippen molar-refractivity contribution < 1.29 is 14.3 Å². The van der Waals surface area contributed by atoms with Crippen LogP contribution in [0.4, 0.5) is 0 Å². The van der Waals surface area contributed by atoms with Crippen LogP contribution in [-0.2, 0) is 20.9 Å². The van der Waals surface area contributed by atoms with Gasteiger partial charge in [-0.15, -0.1) is 0 Å². The molecule has 6 nitrogen and oxygen atoms in total. The molecule has 2 saturated heterocycles. The fourth-order valence-electron chi connectivity index (χ4n) is 3.50. The van der Waals surface area contributed by atoms with Crippen molar-refractivity contribution in [1.82, 2.24) is 15.5 Å². The predicted molar refractivity (Wildman–Crippen MR) is 94.8 cm³/mol. The van der Waals surface area contributed by atoms with Crippen molar-refractivity contribution in [3.8, 4) is 0 Å². The number of carbonyl (C=O) groups excluding carboxylic acids is 2. The predicted octanol–water partition coefficient (Wildman–Crippen LogP) is 0.918. The Labute approximate surface area is 148 Å². The molecule has 25 heavy (non-hydrogen) atoms. The Morgan fingerprint density at radius 1 is 1.24 bits per heavy atom. The molecule has 3 rings (SSSR count). The van der Waals surface area contributed by atoms with Gasteiger partial charge in [-0.3, -0.25) is 9.59 Å². The lowest BCUT2D eigenvalue weighted by Crippen LogP contribution is -2.57. The Morgan fingerprint density at radius 3 is 2.64 bits per heavy atom. The van der Waals surface area contributed by atoms with Crippen molar-refractivity contribution in [3.63, 3.8) is 0 Å². The molecular formula is C19H27N3O3. The second kappa shape index (κ2) is 8.45. The minimum absolute atomic E-state index is 0.0132. The number of nitrogens with one attached hydrogen (secondary N) is 2. The molecule has 6 heteroatoms. The first-order chi connectivity index (χ1) is 12.1. The monoisotopic (exact) mass is 345 g/mol. The van der Waals surface area contributed by atoms with Gasteiger partial charge in [0.25, 0.3) is 0 Å². The second-order valence-corrected chi connectivity index (χ2v) is 6.81. The molecular weight excluding hydrogens is 318 g/mol. The first-order valence-corrected chi connectivity index (χ1v) is 9.10. The second-order valence-electron chi connectivity index (χ2n) is 6.81. The summed E-state index contributed by atoms with van der Waals surface area (Å²) < 4.78 is 5.56. The third-order valence-corrected chi connectivity index (χ3v) is 5.07. The van der Waals surface area contributed by atoms with Crippen LogP contribution in [0.1, 0.15) is 25.3 Å². The zero-order valence-corrected chi connectivity index (χ0v) is 14.7. The summed E-state index contributed by atoms with van der Waals surface area (Å²) in [7, 11) is 0. The van der Waals surface area contributed by atoms with E-state index in [-0.39, 0.29) is 29.9 Å². The van der Waals surface area contributed by atoms with Crippen molar-refractivity contribution in [2.75, 3.05) is 26.2 Å². The van der Waals surface area contributed by atoms with Gasteiger partial charge < -0.3 is 20.3 Å². The standard InChI is InChI=1S/C19H27N3O3/c1-14-17(20-9-12-25-14)19(24)22-10-7-16(8-11-22)18(23)21-13-15-5-3-2-4-6-15/h2-6,14,16-17,20H,7-13H2,1H3,(H,21,23)/t14-,17+/m1/s1. The van der Waals surface area contributed by atoms with Gasteiger partial charge in [0.2, 0.25) is 11.8 Å². The fraction of sp³-hybridized carbons (Fsp3) is 0.579. The number of likely N-dealkylation sites (tertiary alicyclic amines) is 1. The van der Waals surface area contributed by atoms with E-state index in [9.17, 15) is 9.59 Å². The molecule has 136 valence electrons. The van der Waals surface area contributed by atoms with Crippen molar-refractivity contribution in [1.29, 1.82) is 0 Å². The summed E-state index contributed by atoms with van der Waals surface area (Å²) in [4.78, 5) is 26.9. The van der Waals surface area contributed by atoms with E-state index in [1.807, 2.05) is 42.2 Å². The van der Waals surface area contributed by atoms with Gasteiger partial charge in [-0.05, 0) is 25.3 Å². The maximum atomic E-state index is 12.6. The molecule has 0 radical (unpaired) electrons. The minimum atomic E-state index is -0.266. The average molecular weight is 345 g/mol. The maximum absolute atomic E-state index is 12.6. The van der Waals surface area contributed by atoms with E-state index < -0.39 is 0 Å². The van der Waals surface area contributed by atoms with Crippen molar-refractivity contribution >= 4 is 11.8 Å². The average Bonchev–Trinajstić information content (AvgIpc) is 2.67. The molecule has 2 N–H and O–H groups in total. The van der Waals surface area contributed by atoms with E-state index in [1.54, 1.807) is 0 Å². The van der Waals surface area contributed by atoms with Crippen molar-refractivity contribution in [3.05, 3.63) is 35.9 Å². The zero-order valence-electron chi connectivity index (χ0n) is 14.7. The highest BCUT2D eigenvalue weighted by atomic mass is 16.5. The summed E-state index contributed by atoms with van der Waals surface area (Å²) in [6.07, 6.45) is 1.33. The number of rotatable bonds is 4. The van der Waals surface area contributed by atoms with Crippen LogP contribution in [0, 0.1) is 5.92 Å². The lowest BCUT2D eigenvalue weighted by Gasteiger charge is -2.37. The molecule has 0 saturated carbocycles. The summed E-state index contributed by atoms with van der Waals surface area (Å²) in [5, 5.41) is 6.25. The van der Waals surface area contributed by atoms with Crippen LogP contribution in [0.2, 0.25) is 0 Å². The van der Waals surface area contributed by atoms with Gasteiger partial charge in [0.15, 0.2) is 0 Å². The Balaban J connectivity index is 1.44. The Kier molecular flexibility index (Phi) is 6.04. The van der Waals surface area contributed by atoms with Crippen LogP contribution < -0.4 is 10.6 Å². The first-order valence-electron chi connectivity index (χ1n) is 9.10. The summed E-state index contributed by atoms with van der Waals surface area (Å²) in [6.45, 7) is 5.10. The van der Waals surface area contributed by atoms with Gasteiger partial charge in [0, 0.05) is 32.1 Å². The van der Waals surface area contributed by atoms with Gasteiger partial charge in [-0.25, -0.2) is 0 Å². The van der Waals surface area contributed by atoms with Crippen LogP contribution >= 0.6 is 0 Å². The molecule has 2 atom stereocenters. The number of carbonyl (C=O) groups is 2. The van der Waals surface area contributed by atoms with Crippen LogP contribution in [0.15, 0.2) is 30.3 Å². The third-order valence-electron chi connectivity index (χ3n) is 5.07. The number of hydrogen-bond donors (Lipinski definition) is 2. The highest BCUT2D eigenvalue weighted by Gasteiger charge is 2.34. The van der Waals surface area contributed by atoms with E-state index in [1.165, 1.54) is 0 Å². The fourth-order valence-corrected chi connectivity index (χ4v) is 3.50. The SMILES string of the molecule is C[C@H]1OCCN[C@@H]1C(=O)N1CCC(C(=O)NCc2ccccc2)CC1. The summed E-state index contributed by atoms with van der Waals surface area (Å²) in [5.74, 6) is 0.166. The Morgan fingerprint density at radius 2 is 1.96 bits per heavy atom. The van der Waals surface area contributed by atoms with E-state index in [4.69, 9.17) is 4.74 Å². The van der Waals surface area contributed by atoms with Gasteiger partial charge >= 0.3 is 0 Å². The number of piperidine rings is 1. The molecule has 1 aromatic carbocycles. The highest BCUT2D eigenvalue weighted by Crippen LogP contribution is 2.19. The Hall–Kier alpha value is -1.92. The van der Waals surface area contributed by atoms with E-state index >= 15 is 0 Å². The number of amides is 2. The first kappa shape index (κ1) is 17.9. The molecule has 0 spiro atoms. The lowest BCUT2D eigenvalue weighted by molar-refractivity contribution is -0.142. The van der Waals surface area contributed by atoms with E-state index in [0.717, 1.165) is 5.56 Å². The van der Waals surface area contributed by atoms with Gasteiger partial charge in [0.1, 0.15) is 6.04 Å².